The van der Waals surface area contributed by atoms with Crippen molar-refractivity contribution in [2.45, 2.75) is 6.54 Å². The van der Waals surface area contributed by atoms with Crippen LogP contribution in [0.3, 0.4) is 0 Å². The van der Waals surface area contributed by atoms with E-state index >= 15 is 0 Å². The van der Waals surface area contributed by atoms with Crippen LogP contribution in [0.15, 0.2) is 24.7 Å². The maximum absolute atomic E-state index is 11.6. The van der Waals surface area contributed by atoms with E-state index in [9.17, 15) is 14.9 Å². The lowest BCUT2D eigenvalue weighted by Crippen LogP contribution is -2.19. The number of halogens is 1. The number of anilines is 1. The summed E-state index contributed by atoms with van der Waals surface area (Å²) in [6, 6.07) is 3.11. The maximum Gasteiger partial charge on any atom is 0.490 e. The molecule has 0 aliphatic heterocycles. The first-order chi connectivity index (χ1) is 9.04. The van der Waals surface area contributed by atoms with E-state index in [1.807, 2.05) is 0 Å². The fraction of sp³-hybridized carbons (Fsp3) is 0.111. The highest BCUT2D eigenvalue weighted by Gasteiger charge is 2.15. The molecule has 0 saturated carbocycles. The fourth-order valence-electron chi connectivity index (χ4n) is 1.22. The van der Waals surface area contributed by atoms with Crippen molar-refractivity contribution < 1.29 is 9.72 Å². The van der Waals surface area contributed by atoms with Crippen molar-refractivity contribution in [1.82, 2.24) is 19.7 Å². The fourth-order valence-corrected chi connectivity index (χ4v) is 1.34. The van der Waals surface area contributed by atoms with E-state index in [-0.39, 0.29) is 6.54 Å². The minimum absolute atomic E-state index is 0.203. The number of hydrogen-bond acceptors (Lipinski definition) is 6. The molecule has 19 heavy (non-hydrogen) atoms. The molecule has 2 aromatic rings. The number of amides is 1. The van der Waals surface area contributed by atoms with Gasteiger partial charge < -0.3 is 15.4 Å². The van der Waals surface area contributed by atoms with Crippen LogP contribution in [0.25, 0.3) is 0 Å². The van der Waals surface area contributed by atoms with Crippen molar-refractivity contribution in [2.24, 2.45) is 0 Å². The van der Waals surface area contributed by atoms with Crippen molar-refractivity contribution in [2.75, 3.05) is 5.32 Å². The average Bonchev–Trinajstić information content (AvgIpc) is 2.80. The molecule has 98 valence electrons. The first kappa shape index (κ1) is 12.9. The van der Waals surface area contributed by atoms with Gasteiger partial charge in [0, 0.05) is 11.3 Å². The predicted molar refractivity (Wildman–Crippen MR) is 64.6 cm³/mol. The molecule has 0 fully saturated rings. The highest BCUT2D eigenvalue weighted by molar-refractivity contribution is 6.30. The number of pyridine rings is 1. The van der Waals surface area contributed by atoms with Crippen LogP contribution in [0, 0.1) is 10.1 Å². The zero-order valence-electron chi connectivity index (χ0n) is 9.36. The van der Waals surface area contributed by atoms with Crippen LogP contribution in [-0.4, -0.2) is 30.6 Å². The molecule has 0 atom stereocenters. The number of nitrogens with zero attached hydrogens (tertiary/aromatic N) is 5. The summed E-state index contributed by atoms with van der Waals surface area (Å²) < 4.78 is 1.06. The Hall–Kier alpha value is -2.55. The number of nitrogens with one attached hydrogen (secondary N) is 1. The van der Waals surface area contributed by atoms with Crippen molar-refractivity contribution in [3.05, 3.63) is 39.8 Å². The van der Waals surface area contributed by atoms with Gasteiger partial charge in [0.05, 0.1) is 5.02 Å². The molecule has 0 bridgehead atoms. The van der Waals surface area contributed by atoms with Gasteiger partial charge in [-0.1, -0.05) is 16.6 Å². The van der Waals surface area contributed by atoms with Gasteiger partial charge in [-0.15, -0.1) is 0 Å². The molecule has 1 N–H and O–H groups in total. The number of aromatic nitrogens is 4. The Morgan fingerprint density at radius 2 is 2.26 bits per heavy atom. The Bertz CT molecular complexity index is 611. The van der Waals surface area contributed by atoms with E-state index in [0.29, 0.717) is 10.8 Å². The normalized spacial score (nSPS) is 10.2. The summed E-state index contributed by atoms with van der Waals surface area (Å²) in [6.45, 7) is -0.203. The second-order valence-corrected chi connectivity index (χ2v) is 3.85. The molecule has 2 heterocycles. The lowest BCUT2D eigenvalue weighted by Gasteiger charge is -2.02. The van der Waals surface area contributed by atoms with Gasteiger partial charge in [0.15, 0.2) is 0 Å². The second kappa shape index (κ2) is 5.40. The van der Waals surface area contributed by atoms with Crippen LogP contribution in [-0.2, 0) is 11.3 Å². The minimum Gasteiger partial charge on any atom is -0.390 e. The van der Waals surface area contributed by atoms with Crippen molar-refractivity contribution in [1.29, 1.82) is 0 Å². The Morgan fingerprint density at radius 1 is 1.47 bits per heavy atom. The van der Waals surface area contributed by atoms with Crippen molar-refractivity contribution in [3.63, 3.8) is 0 Å². The number of carbonyl (C=O) groups excluding carboxylic acids is 1. The zero-order valence-corrected chi connectivity index (χ0v) is 10.1. The third-order valence-corrected chi connectivity index (χ3v) is 2.21. The summed E-state index contributed by atoms with van der Waals surface area (Å²) in [7, 11) is 0. The molecule has 2 aromatic heterocycles. The van der Waals surface area contributed by atoms with Crippen LogP contribution in [0.1, 0.15) is 0 Å². The van der Waals surface area contributed by atoms with Gasteiger partial charge in [-0.2, -0.15) is 4.68 Å². The first-order valence-corrected chi connectivity index (χ1v) is 5.37. The summed E-state index contributed by atoms with van der Waals surface area (Å²) in [5.74, 6) is -0.670. The Morgan fingerprint density at radius 3 is 2.84 bits per heavy atom. The van der Waals surface area contributed by atoms with E-state index in [1.54, 1.807) is 6.07 Å². The smallest absolute Gasteiger partial charge is 0.390 e. The zero-order chi connectivity index (χ0) is 13.8. The van der Waals surface area contributed by atoms with Crippen molar-refractivity contribution >= 4 is 29.3 Å². The summed E-state index contributed by atoms with van der Waals surface area (Å²) in [5, 5.41) is 16.8. The second-order valence-electron chi connectivity index (χ2n) is 3.41. The molecular formula is C9H7ClN6O3. The Balaban J connectivity index is 1.97. The van der Waals surface area contributed by atoms with Gasteiger partial charge >= 0.3 is 5.95 Å². The highest BCUT2D eigenvalue weighted by Crippen LogP contribution is 2.09. The molecule has 0 unspecified atom stereocenters. The third kappa shape index (κ3) is 3.45. The molecule has 0 spiro atoms. The van der Waals surface area contributed by atoms with Crippen LogP contribution in [0.2, 0.25) is 5.02 Å². The molecule has 2 rings (SSSR count). The number of hydrogen-bond donors (Lipinski definition) is 1. The number of carbonyl (C=O) groups is 1. The predicted octanol–water partition coefficient (Wildman–Crippen LogP) is 0.873. The first-order valence-electron chi connectivity index (χ1n) is 5.00. The third-order valence-electron chi connectivity index (χ3n) is 1.99. The topological polar surface area (TPSA) is 116 Å². The van der Waals surface area contributed by atoms with Gasteiger partial charge in [-0.25, -0.2) is 4.98 Å². The molecule has 0 aliphatic rings. The van der Waals surface area contributed by atoms with Gasteiger partial charge in [-0.05, 0) is 17.1 Å². The van der Waals surface area contributed by atoms with Crippen LogP contribution in [0.4, 0.5) is 11.8 Å². The lowest BCUT2D eigenvalue weighted by molar-refractivity contribution is -0.394. The van der Waals surface area contributed by atoms with Gasteiger partial charge in [0.25, 0.3) is 0 Å². The largest absolute Gasteiger partial charge is 0.490 e. The van der Waals surface area contributed by atoms with Gasteiger partial charge in [-0.3, -0.25) is 4.79 Å². The molecule has 0 radical (unpaired) electrons. The van der Waals surface area contributed by atoms with Crippen LogP contribution < -0.4 is 5.32 Å². The molecule has 1 amide bonds. The van der Waals surface area contributed by atoms with E-state index < -0.39 is 16.8 Å². The summed E-state index contributed by atoms with van der Waals surface area (Å²) in [4.78, 5) is 28.5. The molecule has 9 nitrogen and oxygen atoms in total. The van der Waals surface area contributed by atoms with E-state index in [0.717, 1.165) is 11.0 Å². The van der Waals surface area contributed by atoms with Crippen LogP contribution in [0.5, 0.6) is 0 Å². The van der Waals surface area contributed by atoms with Gasteiger partial charge in [0.2, 0.25) is 12.2 Å². The number of rotatable bonds is 4. The Labute approximate surface area is 111 Å². The molecule has 0 aromatic carbocycles. The molecular weight excluding hydrogens is 276 g/mol. The van der Waals surface area contributed by atoms with Gasteiger partial charge in [0.1, 0.15) is 12.4 Å². The average molecular weight is 283 g/mol. The van der Waals surface area contributed by atoms with Crippen LogP contribution >= 0.6 is 11.6 Å². The maximum atomic E-state index is 11.6. The number of nitro groups is 1. The Kier molecular flexibility index (Phi) is 3.66. The molecule has 10 heteroatoms. The monoisotopic (exact) mass is 282 g/mol. The van der Waals surface area contributed by atoms with E-state index in [4.69, 9.17) is 11.6 Å². The minimum atomic E-state index is -0.741. The summed E-state index contributed by atoms with van der Waals surface area (Å²) >= 11 is 5.65. The lowest BCUT2D eigenvalue weighted by atomic mass is 10.4. The van der Waals surface area contributed by atoms with E-state index in [1.165, 1.54) is 12.3 Å². The van der Waals surface area contributed by atoms with Crippen molar-refractivity contribution in [3.8, 4) is 0 Å². The quantitative estimate of drug-likeness (QED) is 0.657. The summed E-state index contributed by atoms with van der Waals surface area (Å²) in [6.07, 6.45) is 2.49. The highest BCUT2D eigenvalue weighted by atomic mass is 35.5. The standard InChI is InChI=1S/C9H7ClN6O3/c10-6-1-2-7(11-3-6)13-8(17)4-15-5-12-9(14-15)16(18)19/h1-3,5H,4H2,(H,11,13,17). The molecule has 0 aliphatic carbocycles. The SMILES string of the molecule is O=C(Cn1cnc([N+](=O)[O-])n1)Nc1ccc(Cl)cn1. The molecule has 0 saturated heterocycles. The van der Waals surface area contributed by atoms with E-state index in [2.05, 4.69) is 20.4 Å². The summed E-state index contributed by atoms with van der Waals surface area (Å²) in [5.41, 5.74) is 0.